The van der Waals surface area contributed by atoms with E-state index in [2.05, 4.69) is 6.92 Å². The third-order valence-electron chi connectivity index (χ3n) is 4.68. The lowest BCUT2D eigenvalue weighted by atomic mass is 9.81. The average molecular weight is 268 g/mol. The summed E-state index contributed by atoms with van der Waals surface area (Å²) in [7, 11) is 0. The van der Waals surface area contributed by atoms with Crippen LogP contribution in [0.2, 0.25) is 0 Å². The number of cyclic esters (lactones) is 1. The van der Waals surface area contributed by atoms with Crippen LogP contribution >= 0.6 is 0 Å². The van der Waals surface area contributed by atoms with Gasteiger partial charge in [0.1, 0.15) is 0 Å². The number of rotatable bonds is 7. The van der Waals surface area contributed by atoms with E-state index in [1.165, 1.54) is 25.7 Å². The summed E-state index contributed by atoms with van der Waals surface area (Å²) >= 11 is 0. The predicted octanol–water partition coefficient (Wildman–Crippen LogP) is 2.65. The van der Waals surface area contributed by atoms with Gasteiger partial charge in [0.15, 0.2) is 0 Å². The zero-order chi connectivity index (χ0) is 13.2. The number of ether oxygens (including phenoxy) is 3. The quantitative estimate of drug-likeness (QED) is 0.526. The van der Waals surface area contributed by atoms with E-state index in [-0.39, 0.29) is 36.3 Å². The maximum absolute atomic E-state index is 11.8. The number of hydrogen-bond donors (Lipinski definition) is 0. The van der Waals surface area contributed by atoms with E-state index in [4.69, 9.17) is 14.2 Å². The second-order valence-electron chi connectivity index (χ2n) is 5.98. The second kappa shape index (κ2) is 5.80. The topological polar surface area (TPSA) is 44.8 Å². The van der Waals surface area contributed by atoms with E-state index < -0.39 is 0 Å². The van der Waals surface area contributed by atoms with Gasteiger partial charge in [-0.2, -0.15) is 0 Å². The van der Waals surface area contributed by atoms with Gasteiger partial charge in [-0.3, -0.25) is 4.79 Å². The number of esters is 1. The van der Waals surface area contributed by atoms with Gasteiger partial charge in [0, 0.05) is 0 Å². The molecule has 0 N–H and O–H groups in total. The molecule has 0 spiro atoms. The summed E-state index contributed by atoms with van der Waals surface area (Å²) in [6.45, 7) is 2.91. The molecule has 3 saturated heterocycles. The number of carbonyl (C=O) groups excluding carboxylic acids is 1. The summed E-state index contributed by atoms with van der Waals surface area (Å²) in [6, 6.07) is 0. The normalized spacial score (nSPS) is 39.6. The number of hydrogen-bond acceptors (Lipinski definition) is 4. The van der Waals surface area contributed by atoms with Crippen LogP contribution in [0.15, 0.2) is 0 Å². The van der Waals surface area contributed by atoms with E-state index >= 15 is 0 Å². The summed E-state index contributed by atoms with van der Waals surface area (Å²) in [5, 5.41) is 0. The van der Waals surface area contributed by atoms with Crippen molar-refractivity contribution in [3.05, 3.63) is 0 Å². The average Bonchev–Trinajstić information content (AvgIpc) is 3.07. The summed E-state index contributed by atoms with van der Waals surface area (Å²) < 4.78 is 17.0. The molecule has 3 heterocycles. The molecule has 0 radical (unpaired) electrons. The summed E-state index contributed by atoms with van der Waals surface area (Å²) in [5.74, 6) is -0.00100. The van der Waals surface area contributed by atoms with E-state index in [0.29, 0.717) is 6.61 Å². The van der Waals surface area contributed by atoms with E-state index in [1.54, 1.807) is 0 Å². The SMILES string of the molecule is CCCCCCCO[C@H]1OC(=O)[C@H]2[C@@H]1[C@@H]1CC[C@H]2O1. The Balaban J connectivity index is 1.43. The van der Waals surface area contributed by atoms with Gasteiger partial charge in [-0.15, -0.1) is 0 Å². The van der Waals surface area contributed by atoms with Crippen LogP contribution in [0.3, 0.4) is 0 Å². The van der Waals surface area contributed by atoms with Crippen LogP contribution in [0.25, 0.3) is 0 Å². The van der Waals surface area contributed by atoms with Crippen molar-refractivity contribution in [3.63, 3.8) is 0 Å². The van der Waals surface area contributed by atoms with Crippen molar-refractivity contribution in [2.45, 2.75) is 70.4 Å². The molecule has 3 fully saturated rings. The minimum atomic E-state index is -0.348. The standard InChI is InChI=1S/C15H24O4/c1-2-3-4-5-6-9-17-15-13-11-8-7-10(18-11)12(13)14(16)19-15/h10-13,15H,2-9H2,1H3/t10-,11+,12-,13+,15+/m1/s1. The van der Waals surface area contributed by atoms with E-state index in [1.807, 2.05) is 0 Å². The third-order valence-corrected chi connectivity index (χ3v) is 4.68. The van der Waals surface area contributed by atoms with E-state index in [0.717, 1.165) is 19.3 Å². The first-order chi connectivity index (χ1) is 9.31. The van der Waals surface area contributed by atoms with Crippen molar-refractivity contribution < 1.29 is 19.0 Å². The predicted molar refractivity (Wildman–Crippen MR) is 69.5 cm³/mol. The maximum Gasteiger partial charge on any atom is 0.314 e. The molecule has 0 aromatic heterocycles. The van der Waals surface area contributed by atoms with Crippen LogP contribution < -0.4 is 0 Å². The lowest BCUT2D eigenvalue weighted by molar-refractivity contribution is -0.174. The molecular formula is C15H24O4. The van der Waals surface area contributed by atoms with Crippen LogP contribution in [0.4, 0.5) is 0 Å². The monoisotopic (exact) mass is 268 g/mol. The molecule has 0 aromatic carbocycles. The lowest BCUT2D eigenvalue weighted by Crippen LogP contribution is -2.32. The van der Waals surface area contributed by atoms with Gasteiger partial charge in [-0.25, -0.2) is 0 Å². The van der Waals surface area contributed by atoms with Crippen LogP contribution in [-0.4, -0.2) is 31.1 Å². The van der Waals surface area contributed by atoms with Gasteiger partial charge < -0.3 is 14.2 Å². The molecule has 3 aliphatic rings. The largest absolute Gasteiger partial charge is 0.435 e. The van der Waals surface area contributed by atoms with Gasteiger partial charge in [-0.05, 0) is 19.3 Å². The van der Waals surface area contributed by atoms with Crippen molar-refractivity contribution in [2.75, 3.05) is 6.61 Å². The molecule has 0 aromatic rings. The molecule has 4 heteroatoms. The van der Waals surface area contributed by atoms with Crippen molar-refractivity contribution >= 4 is 5.97 Å². The summed E-state index contributed by atoms with van der Waals surface area (Å²) in [6.07, 6.45) is 8.07. The van der Waals surface area contributed by atoms with Crippen LogP contribution in [0.1, 0.15) is 51.9 Å². The van der Waals surface area contributed by atoms with Gasteiger partial charge in [0.25, 0.3) is 0 Å². The van der Waals surface area contributed by atoms with Crippen molar-refractivity contribution in [2.24, 2.45) is 11.8 Å². The zero-order valence-electron chi connectivity index (χ0n) is 11.7. The van der Waals surface area contributed by atoms with Gasteiger partial charge in [0.2, 0.25) is 6.29 Å². The smallest absolute Gasteiger partial charge is 0.314 e. The molecule has 0 unspecified atom stereocenters. The molecule has 3 aliphatic heterocycles. The Bertz CT molecular complexity index is 330. The molecule has 108 valence electrons. The minimum Gasteiger partial charge on any atom is -0.435 e. The second-order valence-corrected chi connectivity index (χ2v) is 5.98. The molecule has 0 saturated carbocycles. The van der Waals surface area contributed by atoms with Gasteiger partial charge >= 0.3 is 5.97 Å². The Labute approximate surface area is 114 Å². The first-order valence-corrected chi connectivity index (χ1v) is 7.79. The highest BCUT2D eigenvalue weighted by Crippen LogP contribution is 2.49. The number of carbonyl (C=O) groups is 1. The van der Waals surface area contributed by atoms with Crippen molar-refractivity contribution in [1.82, 2.24) is 0 Å². The molecular weight excluding hydrogens is 244 g/mol. The fraction of sp³-hybridized carbons (Fsp3) is 0.933. The first kappa shape index (κ1) is 13.4. The van der Waals surface area contributed by atoms with Gasteiger partial charge in [-0.1, -0.05) is 32.6 Å². The fourth-order valence-corrected chi connectivity index (χ4v) is 3.69. The highest BCUT2D eigenvalue weighted by molar-refractivity contribution is 5.76. The van der Waals surface area contributed by atoms with E-state index in [9.17, 15) is 4.79 Å². The summed E-state index contributed by atoms with van der Waals surface area (Å²) in [5.41, 5.74) is 0. The maximum atomic E-state index is 11.8. The Morgan fingerprint density at radius 2 is 1.95 bits per heavy atom. The highest BCUT2D eigenvalue weighted by atomic mass is 16.7. The van der Waals surface area contributed by atoms with Crippen LogP contribution in [0.5, 0.6) is 0 Å². The first-order valence-electron chi connectivity index (χ1n) is 7.79. The minimum absolute atomic E-state index is 0.0520. The molecule has 5 atom stereocenters. The molecule has 4 nitrogen and oxygen atoms in total. The molecule has 0 amide bonds. The van der Waals surface area contributed by atoms with Crippen LogP contribution in [-0.2, 0) is 19.0 Å². The Morgan fingerprint density at radius 1 is 1.16 bits per heavy atom. The zero-order valence-corrected chi connectivity index (χ0v) is 11.7. The third kappa shape index (κ3) is 2.52. The molecule has 0 aliphatic carbocycles. The lowest BCUT2D eigenvalue weighted by Gasteiger charge is -2.22. The van der Waals surface area contributed by atoms with Gasteiger partial charge in [0.05, 0.1) is 30.7 Å². The number of fused-ring (bicyclic) bond motifs is 5. The summed E-state index contributed by atoms with van der Waals surface area (Å²) in [4.78, 5) is 11.8. The molecule has 19 heavy (non-hydrogen) atoms. The Hall–Kier alpha value is -0.610. The fourth-order valence-electron chi connectivity index (χ4n) is 3.69. The number of unbranched alkanes of at least 4 members (excludes halogenated alkanes) is 4. The van der Waals surface area contributed by atoms with Crippen LogP contribution in [0, 0.1) is 11.8 Å². The van der Waals surface area contributed by atoms with Crippen molar-refractivity contribution in [3.8, 4) is 0 Å². The molecule has 2 bridgehead atoms. The Morgan fingerprint density at radius 3 is 2.79 bits per heavy atom. The van der Waals surface area contributed by atoms with Crippen molar-refractivity contribution in [1.29, 1.82) is 0 Å². The highest BCUT2D eigenvalue weighted by Gasteiger charge is 2.61. The molecule has 3 rings (SSSR count). The Kier molecular flexibility index (Phi) is 4.08.